The smallest absolute Gasteiger partial charge is 0.229 e. The van der Waals surface area contributed by atoms with Gasteiger partial charge < -0.3 is 14.8 Å². The number of nitrogens with zero attached hydrogens (tertiary/aromatic N) is 6. The molecule has 0 atom stereocenters. The molecule has 4 heterocycles. The van der Waals surface area contributed by atoms with Gasteiger partial charge in [-0.2, -0.15) is 0 Å². The summed E-state index contributed by atoms with van der Waals surface area (Å²) in [6, 6.07) is 6.53. The molecule has 0 radical (unpaired) electrons. The zero-order valence-corrected chi connectivity index (χ0v) is 22.1. The van der Waals surface area contributed by atoms with Gasteiger partial charge in [-0.25, -0.2) is 33.1 Å². The average molecular weight is 524 g/mol. The van der Waals surface area contributed by atoms with Gasteiger partial charge in [0.2, 0.25) is 5.95 Å². The molecule has 1 fully saturated rings. The number of fused-ring (bicyclic) bond motifs is 1. The molecule has 7 nitrogen and oxygen atoms in total. The maximum atomic E-state index is 15.3. The van der Waals surface area contributed by atoms with Crippen molar-refractivity contribution in [3.63, 3.8) is 0 Å². The number of nitrogens with one attached hydrogen (secondary N) is 1. The van der Waals surface area contributed by atoms with Crippen LogP contribution in [0.1, 0.15) is 51.0 Å². The van der Waals surface area contributed by atoms with Crippen LogP contribution in [0.2, 0.25) is 0 Å². The standard InChI is InChI=1S/C28H32F3N7/c1-5-37-10-8-28(31,9-11-37)14-19-6-7-24(32-15-19)35-27-33-16-22(30)25(36-27)20-12-21(29)26-23(13-20)38(17(2)3)18(4)34-26/h6-7,12-13,15-17H,5,8-11,14H2,1-4H3,(H,32,33,35,36). The summed E-state index contributed by atoms with van der Waals surface area (Å²) in [5.41, 5.74) is 0.644. The van der Waals surface area contributed by atoms with Gasteiger partial charge in [-0.1, -0.05) is 13.0 Å². The molecule has 0 amide bonds. The molecule has 1 aromatic carbocycles. The van der Waals surface area contributed by atoms with Crippen molar-refractivity contribution in [2.24, 2.45) is 0 Å². The maximum Gasteiger partial charge on any atom is 0.229 e. The number of alkyl halides is 1. The number of benzene rings is 1. The molecule has 1 aliphatic heterocycles. The minimum absolute atomic E-state index is 0.0353. The number of rotatable bonds is 7. The number of imidazole rings is 1. The molecule has 4 aromatic rings. The third kappa shape index (κ3) is 5.22. The predicted molar refractivity (Wildman–Crippen MR) is 142 cm³/mol. The third-order valence-corrected chi connectivity index (χ3v) is 7.24. The Labute approximate surface area is 220 Å². The SMILES string of the molecule is CCN1CCC(F)(Cc2ccc(Nc3ncc(F)c(-c4cc(F)c5nc(C)n(C(C)C)c5c4)n3)nc2)CC1. The number of likely N-dealkylation sites (tertiary alicyclic amines) is 1. The van der Waals surface area contributed by atoms with Crippen LogP contribution in [0.5, 0.6) is 0 Å². The monoisotopic (exact) mass is 523 g/mol. The van der Waals surface area contributed by atoms with Gasteiger partial charge in [-0.15, -0.1) is 0 Å². The van der Waals surface area contributed by atoms with E-state index >= 15 is 4.39 Å². The van der Waals surface area contributed by atoms with E-state index in [1.807, 2.05) is 31.4 Å². The second-order valence-corrected chi connectivity index (χ2v) is 10.3. The summed E-state index contributed by atoms with van der Waals surface area (Å²) in [5, 5.41) is 2.97. The van der Waals surface area contributed by atoms with Crippen molar-refractivity contribution >= 4 is 22.8 Å². The number of aromatic nitrogens is 5. The first-order valence-corrected chi connectivity index (χ1v) is 13.0. The van der Waals surface area contributed by atoms with Crippen molar-refractivity contribution in [1.82, 2.24) is 29.4 Å². The molecule has 3 aromatic heterocycles. The van der Waals surface area contributed by atoms with Crippen LogP contribution in [-0.4, -0.2) is 54.7 Å². The Bertz CT molecular complexity index is 1440. The van der Waals surface area contributed by atoms with Gasteiger partial charge in [0.1, 0.15) is 28.5 Å². The topological polar surface area (TPSA) is 71.8 Å². The van der Waals surface area contributed by atoms with Crippen molar-refractivity contribution in [2.45, 2.75) is 58.7 Å². The Hall–Kier alpha value is -3.53. The van der Waals surface area contributed by atoms with E-state index in [-0.39, 0.29) is 28.8 Å². The number of anilines is 2. The highest BCUT2D eigenvalue weighted by molar-refractivity contribution is 5.83. The molecule has 1 aliphatic rings. The Morgan fingerprint density at radius 1 is 1.03 bits per heavy atom. The van der Waals surface area contributed by atoms with Gasteiger partial charge >= 0.3 is 0 Å². The molecule has 38 heavy (non-hydrogen) atoms. The zero-order chi connectivity index (χ0) is 27.0. The van der Waals surface area contributed by atoms with Gasteiger partial charge in [0.25, 0.3) is 0 Å². The molecule has 200 valence electrons. The van der Waals surface area contributed by atoms with Crippen LogP contribution < -0.4 is 5.32 Å². The Morgan fingerprint density at radius 2 is 1.79 bits per heavy atom. The second-order valence-electron chi connectivity index (χ2n) is 10.3. The fourth-order valence-corrected chi connectivity index (χ4v) is 5.22. The van der Waals surface area contributed by atoms with E-state index in [9.17, 15) is 8.78 Å². The first-order valence-electron chi connectivity index (χ1n) is 13.0. The molecule has 1 N–H and O–H groups in total. The number of hydrogen-bond acceptors (Lipinski definition) is 6. The van der Waals surface area contributed by atoms with Crippen LogP contribution in [0, 0.1) is 18.6 Å². The van der Waals surface area contributed by atoms with Gasteiger partial charge in [-0.05, 0) is 63.9 Å². The Balaban J connectivity index is 1.36. The predicted octanol–water partition coefficient (Wildman–Crippen LogP) is 6.17. The minimum Gasteiger partial charge on any atom is -0.326 e. The van der Waals surface area contributed by atoms with E-state index < -0.39 is 17.3 Å². The lowest BCUT2D eigenvalue weighted by Crippen LogP contribution is -2.42. The number of halogens is 3. The summed E-state index contributed by atoms with van der Waals surface area (Å²) in [5.74, 6) is 0.0130. The number of piperidine rings is 1. The van der Waals surface area contributed by atoms with E-state index in [1.165, 1.54) is 6.07 Å². The summed E-state index contributed by atoms with van der Waals surface area (Å²) in [6.45, 7) is 10.3. The largest absolute Gasteiger partial charge is 0.326 e. The first kappa shape index (κ1) is 26.1. The van der Waals surface area contributed by atoms with Gasteiger partial charge in [0, 0.05) is 37.3 Å². The zero-order valence-electron chi connectivity index (χ0n) is 22.1. The maximum absolute atomic E-state index is 15.3. The normalized spacial score (nSPS) is 15.9. The van der Waals surface area contributed by atoms with Crippen molar-refractivity contribution in [1.29, 1.82) is 0 Å². The fourth-order valence-electron chi connectivity index (χ4n) is 5.22. The Morgan fingerprint density at radius 3 is 2.45 bits per heavy atom. The number of aryl methyl sites for hydroxylation is 1. The molecule has 1 saturated heterocycles. The van der Waals surface area contributed by atoms with E-state index in [0.29, 0.717) is 36.4 Å². The fraction of sp³-hybridized carbons (Fsp3) is 0.429. The quantitative estimate of drug-likeness (QED) is 0.313. The average Bonchev–Trinajstić information content (AvgIpc) is 3.23. The lowest BCUT2D eigenvalue weighted by Gasteiger charge is -2.35. The van der Waals surface area contributed by atoms with E-state index in [1.54, 1.807) is 18.3 Å². The summed E-state index contributed by atoms with van der Waals surface area (Å²) < 4.78 is 46.9. The lowest BCUT2D eigenvalue weighted by molar-refractivity contribution is 0.0609. The third-order valence-electron chi connectivity index (χ3n) is 7.24. The van der Waals surface area contributed by atoms with Crippen LogP contribution in [0.25, 0.3) is 22.3 Å². The van der Waals surface area contributed by atoms with E-state index in [2.05, 4.69) is 37.1 Å². The Kier molecular flexibility index (Phi) is 7.09. The van der Waals surface area contributed by atoms with Crippen molar-refractivity contribution < 1.29 is 13.2 Å². The van der Waals surface area contributed by atoms with Crippen molar-refractivity contribution in [3.05, 3.63) is 59.7 Å². The highest BCUT2D eigenvalue weighted by Gasteiger charge is 2.34. The van der Waals surface area contributed by atoms with Crippen LogP contribution in [0.3, 0.4) is 0 Å². The van der Waals surface area contributed by atoms with Gasteiger partial charge in [-0.3, -0.25) is 0 Å². The highest BCUT2D eigenvalue weighted by Crippen LogP contribution is 2.32. The molecule has 0 aliphatic carbocycles. The summed E-state index contributed by atoms with van der Waals surface area (Å²) in [6.07, 6.45) is 4.02. The van der Waals surface area contributed by atoms with E-state index in [4.69, 9.17) is 0 Å². The van der Waals surface area contributed by atoms with Crippen LogP contribution in [0.15, 0.2) is 36.7 Å². The molecular weight excluding hydrogens is 491 g/mol. The minimum atomic E-state index is -1.23. The summed E-state index contributed by atoms with van der Waals surface area (Å²) in [7, 11) is 0. The van der Waals surface area contributed by atoms with Gasteiger partial charge in [0.05, 0.1) is 11.7 Å². The molecule has 0 bridgehead atoms. The molecule has 10 heteroatoms. The summed E-state index contributed by atoms with van der Waals surface area (Å²) >= 11 is 0. The van der Waals surface area contributed by atoms with Crippen molar-refractivity contribution in [3.8, 4) is 11.3 Å². The lowest BCUT2D eigenvalue weighted by atomic mass is 9.87. The van der Waals surface area contributed by atoms with Crippen LogP contribution in [-0.2, 0) is 6.42 Å². The molecule has 0 saturated carbocycles. The molecular formula is C28H32F3N7. The highest BCUT2D eigenvalue weighted by atomic mass is 19.1. The number of pyridine rings is 1. The van der Waals surface area contributed by atoms with E-state index in [0.717, 1.165) is 31.4 Å². The first-order chi connectivity index (χ1) is 18.2. The van der Waals surface area contributed by atoms with Crippen LogP contribution >= 0.6 is 0 Å². The molecule has 0 spiro atoms. The molecule has 5 rings (SSSR count). The van der Waals surface area contributed by atoms with Crippen LogP contribution in [0.4, 0.5) is 24.9 Å². The number of hydrogen-bond donors (Lipinski definition) is 1. The molecule has 0 unspecified atom stereocenters. The summed E-state index contributed by atoms with van der Waals surface area (Å²) in [4.78, 5) is 19.3. The van der Waals surface area contributed by atoms with Crippen molar-refractivity contribution in [2.75, 3.05) is 25.0 Å². The second kappa shape index (κ2) is 10.3. The van der Waals surface area contributed by atoms with Gasteiger partial charge in [0.15, 0.2) is 11.6 Å².